The normalized spacial score (nSPS) is 19.0. The van der Waals surface area contributed by atoms with Gasteiger partial charge in [-0.3, -0.25) is 28.4 Å². The first kappa shape index (κ1) is 24.9. The van der Waals surface area contributed by atoms with Gasteiger partial charge in [-0.1, -0.05) is 36.8 Å². The van der Waals surface area contributed by atoms with Crippen molar-refractivity contribution in [2.45, 2.75) is 64.6 Å². The number of rotatable bonds is 7. The first-order valence-electron chi connectivity index (χ1n) is 12.7. The van der Waals surface area contributed by atoms with Gasteiger partial charge in [-0.25, -0.2) is 4.79 Å². The standard InChI is InChI=1S/C26H35N5O4/c1-2-30-25(34)22(23(27)31(26(30)35)17-19-11-5-3-6-12-19)21(32)18-29-16-10-7-13-20(29)24(33)28-14-8-4-9-15-28/h3,5-6,11-12,20H,2,4,7-10,13-18,27H2,1H3. The smallest absolute Gasteiger partial charge is 0.332 e. The molecule has 9 heteroatoms. The van der Waals surface area contributed by atoms with E-state index in [1.165, 1.54) is 4.57 Å². The fourth-order valence-corrected chi connectivity index (χ4v) is 5.22. The minimum Gasteiger partial charge on any atom is -0.384 e. The minimum atomic E-state index is -0.666. The summed E-state index contributed by atoms with van der Waals surface area (Å²) in [6.45, 7) is 4.04. The number of amides is 1. The number of nitrogens with two attached hydrogens (primary N) is 1. The monoisotopic (exact) mass is 481 g/mol. The summed E-state index contributed by atoms with van der Waals surface area (Å²) >= 11 is 0. The average molecular weight is 482 g/mol. The number of aromatic nitrogens is 2. The van der Waals surface area contributed by atoms with Crippen LogP contribution in [-0.4, -0.2) is 62.8 Å². The van der Waals surface area contributed by atoms with Crippen LogP contribution in [0.2, 0.25) is 0 Å². The zero-order valence-electron chi connectivity index (χ0n) is 20.4. The third-order valence-electron chi connectivity index (χ3n) is 7.16. The van der Waals surface area contributed by atoms with Crippen LogP contribution in [0.3, 0.4) is 0 Å². The van der Waals surface area contributed by atoms with Crippen molar-refractivity contribution in [1.29, 1.82) is 0 Å². The van der Waals surface area contributed by atoms with Crippen LogP contribution in [-0.2, 0) is 17.9 Å². The van der Waals surface area contributed by atoms with Gasteiger partial charge in [0.25, 0.3) is 5.56 Å². The Hall–Kier alpha value is -3.20. The minimum absolute atomic E-state index is 0.0725. The molecule has 2 saturated heterocycles. The lowest BCUT2D eigenvalue weighted by Gasteiger charge is -2.38. The lowest BCUT2D eigenvalue weighted by atomic mass is 9.98. The van der Waals surface area contributed by atoms with Crippen LogP contribution in [0.15, 0.2) is 39.9 Å². The zero-order chi connectivity index (χ0) is 24.9. The van der Waals surface area contributed by atoms with E-state index in [0.717, 1.165) is 55.3 Å². The van der Waals surface area contributed by atoms with Crippen molar-refractivity contribution in [3.63, 3.8) is 0 Å². The summed E-state index contributed by atoms with van der Waals surface area (Å²) in [5.41, 5.74) is 5.77. The molecule has 2 N–H and O–H groups in total. The van der Waals surface area contributed by atoms with Gasteiger partial charge in [0.1, 0.15) is 11.4 Å². The Morgan fingerprint density at radius 3 is 2.31 bits per heavy atom. The van der Waals surface area contributed by atoms with E-state index < -0.39 is 17.0 Å². The van der Waals surface area contributed by atoms with Crippen LogP contribution in [0.1, 0.15) is 61.4 Å². The summed E-state index contributed by atoms with van der Waals surface area (Å²) in [5, 5.41) is 0. The number of ketones is 1. The number of nitrogen functional groups attached to an aromatic ring is 1. The first-order chi connectivity index (χ1) is 16.9. The third-order valence-corrected chi connectivity index (χ3v) is 7.16. The molecule has 0 saturated carbocycles. The quantitative estimate of drug-likeness (QED) is 0.603. The van der Waals surface area contributed by atoms with E-state index in [1.807, 2.05) is 40.1 Å². The first-order valence-corrected chi connectivity index (χ1v) is 12.7. The van der Waals surface area contributed by atoms with Gasteiger partial charge in [-0.05, 0) is 51.1 Å². The Labute approximate surface area is 205 Å². The van der Waals surface area contributed by atoms with Gasteiger partial charge < -0.3 is 10.6 Å². The van der Waals surface area contributed by atoms with Gasteiger partial charge in [0.2, 0.25) is 5.91 Å². The van der Waals surface area contributed by atoms with Gasteiger partial charge in [-0.2, -0.15) is 0 Å². The van der Waals surface area contributed by atoms with Gasteiger partial charge in [-0.15, -0.1) is 0 Å². The van der Waals surface area contributed by atoms with Crippen molar-refractivity contribution in [2.24, 2.45) is 0 Å². The Morgan fingerprint density at radius 1 is 0.943 bits per heavy atom. The van der Waals surface area contributed by atoms with Crippen LogP contribution < -0.4 is 17.0 Å². The molecule has 9 nitrogen and oxygen atoms in total. The Balaban J connectivity index is 1.63. The third kappa shape index (κ3) is 5.24. The zero-order valence-corrected chi connectivity index (χ0v) is 20.4. The molecular weight excluding hydrogens is 446 g/mol. The molecule has 2 aromatic rings. The van der Waals surface area contributed by atoms with Crippen LogP contribution in [0.25, 0.3) is 0 Å². The van der Waals surface area contributed by atoms with Gasteiger partial charge in [0.15, 0.2) is 5.78 Å². The molecule has 0 bridgehead atoms. The number of carbonyl (C=O) groups is 2. The summed E-state index contributed by atoms with van der Waals surface area (Å²) in [5.74, 6) is -0.491. The maximum atomic E-state index is 13.5. The maximum Gasteiger partial charge on any atom is 0.332 e. The molecule has 2 aliphatic heterocycles. The molecule has 0 radical (unpaired) electrons. The molecule has 1 atom stereocenters. The van der Waals surface area contributed by atoms with Crippen molar-refractivity contribution in [3.05, 3.63) is 62.3 Å². The second-order valence-corrected chi connectivity index (χ2v) is 9.46. The average Bonchev–Trinajstić information content (AvgIpc) is 2.88. The van der Waals surface area contributed by atoms with Gasteiger partial charge in [0.05, 0.1) is 19.1 Å². The molecular formula is C26H35N5O4. The highest BCUT2D eigenvalue weighted by atomic mass is 16.2. The number of Topliss-reactive ketones (excluding diaryl/α,β-unsaturated/α-hetero) is 1. The predicted octanol–water partition coefficient (Wildman–Crippen LogP) is 1.71. The molecule has 2 aliphatic rings. The molecule has 1 aromatic carbocycles. The molecule has 2 fully saturated rings. The fourth-order valence-electron chi connectivity index (χ4n) is 5.22. The van der Waals surface area contributed by atoms with E-state index >= 15 is 0 Å². The number of likely N-dealkylation sites (tertiary alicyclic amines) is 2. The van der Waals surface area contributed by atoms with Crippen LogP contribution >= 0.6 is 0 Å². The Morgan fingerprint density at radius 2 is 1.63 bits per heavy atom. The second kappa shape index (κ2) is 11.0. The van der Waals surface area contributed by atoms with E-state index in [1.54, 1.807) is 6.92 Å². The highest BCUT2D eigenvalue weighted by molar-refractivity contribution is 6.01. The molecule has 35 heavy (non-hydrogen) atoms. The summed E-state index contributed by atoms with van der Waals surface area (Å²) in [4.78, 5) is 56.7. The van der Waals surface area contributed by atoms with E-state index in [0.29, 0.717) is 13.0 Å². The number of nitrogens with zero attached hydrogens (tertiary/aromatic N) is 4. The molecule has 0 spiro atoms. The van der Waals surface area contributed by atoms with Crippen molar-refractivity contribution >= 4 is 17.5 Å². The van der Waals surface area contributed by atoms with Crippen molar-refractivity contribution in [2.75, 3.05) is 31.9 Å². The lowest BCUT2D eigenvalue weighted by molar-refractivity contribution is -0.138. The number of anilines is 1. The van der Waals surface area contributed by atoms with Gasteiger partial charge in [0, 0.05) is 19.6 Å². The Kier molecular flexibility index (Phi) is 7.85. The second-order valence-electron chi connectivity index (χ2n) is 9.46. The topological polar surface area (TPSA) is 111 Å². The van der Waals surface area contributed by atoms with Crippen molar-refractivity contribution in [3.8, 4) is 0 Å². The largest absolute Gasteiger partial charge is 0.384 e. The number of benzene rings is 1. The molecule has 4 rings (SSSR count). The van der Waals surface area contributed by atoms with E-state index in [9.17, 15) is 19.2 Å². The SMILES string of the molecule is CCn1c(=O)c(C(=O)CN2CCCCC2C(=O)N2CCCCC2)c(N)n(Cc2ccccc2)c1=O. The summed E-state index contributed by atoms with van der Waals surface area (Å²) in [6, 6.07) is 8.94. The summed E-state index contributed by atoms with van der Waals surface area (Å²) in [7, 11) is 0. The number of piperidine rings is 2. The maximum absolute atomic E-state index is 13.5. The van der Waals surface area contributed by atoms with Crippen LogP contribution in [0.5, 0.6) is 0 Å². The highest BCUT2D eigenvalue weighted by Gasteiger charge is 2.34. The predicted molar refractivity (Wildman–Crippen MR) is 135 cm³/mol. The van der Waals surface area contributed by atoms with Crippen LogP contribution in [0, 0.1) is 0 Å². The van der Waals surface area contributed by atoms with E-state index in [4.69, 9.17) is 5.73 Å². The number of hydrogen-bond donors (Lipinski definition) is 1. The number of hydrogen-bond acceptors (Lipinski definition) is 6. The summed E-state index contributed by atoms with van der Waals surface area (Å²) < 4.78 is 2.35. The lowest BCUT2D eigenvalue weighted by Crippen LogP contribution is -2.53. The molecule has 1 aromatic heterocycles. The fraction of sp³-hybridized carbons (Fsp3) is 0.538. The highest BCUT2D eigenvalue weighted by Crippen LogP contribution is 2.22. The molecule has 1 amide bonds. The summed E-state index contributed by atoms with van der Waals surface area (Å²) in [6.07, 6.45) is 5.67. The van der Waals surface area contributed by atoms with E-state index in [-0.39, 0.29) is 43.0 Å². The molecule has 3 heterocycles. The van der Waals surface area contributed by atoms with Gasteiger partial charge >= 0.3 is 5.69 Å². The Bertz CT molecular complexity index is 1180. The molecule has 1 unspecified atom stereocenters. The molecule has 188 valence electrons. The van der Waals surface area contributed by atoms with Crippen molar-refractivity contribution in [1.82, 2.24) is 18.9 Å². The van der Waals surface area contributed by atoms with Crippen LogP contribution in [0.4, 0.5) is 5.82 Å². The number of carbonyl (C=O) groups excluding carboxylic acids is 2. The van der Waals surface area contributed by atoms with Crippen molar-refractivity contribution < 1.29 is 9.59 Å². The van der Waals surface area contributed by atoms with E-state index in [2.05, 4.69) is 0 Å². The molecule has 0 aliphatic carbocycles.